The highest BCUT2D eigenvalue weighted by Crippen LogP contribution is 2.29. The molecule has 1 fully saturated rings. The Balaban J connectivity index is 1.54. The first-order valence-electron chi connectivity index (χ1n) is 9.79. The Morgan fingerprint density at radius 2 is 1.97 bits per heavy atom. The lowest BCUT2D eigenvalue weighted by Gasteiger charge is -2.23. The first-order valence-corrected chi connectivity index (χ1v) is 10.6. The number of nitrogens with one attached hydrogen (secondary N) is 2. The summed E-state index contributed by atoms with van der Waals surface area (Å²) in [6.07, 6.45) is 7.87. The van der Waals surface area contributed by atoms with Gasteiger partial charge >= 0.3 is 0 Å². The quantitative estimate of drug-likeness (QED) is 0.364. The largest absolute Gasteiger partial charge is 0.493 e. The van der Waals surface area contributed by atoms with E-state index >= 15 is 0 Å². The van der Waals surface area contributed by atoms with Crippen molar-refractivity contribution < 1.29 is 9.47 Å². The first kappa shape index (κ1) is 21.4. The van der Waals surface area contributed by atoms with Crippen molar-refractivity contribution in [2.24, 2.45) is 5.10 Å². The third kappa shape index (κ3) is 6.61. The second kappa shape index (κ2) is 11.0. The molecule has 0 aromatic heterocycles. The lowest BCUT2D eigenvalue weighted by Crippen LogP contribution is -2.40. The van der Waals surface area contributed by atoms with Gasteiger partial charge in [0.25, 0.3) is 0 Å². The second-order valence-corrected chi connectivity index (χ2v) is 7.78. The number of benzene rings is 2. The fraction of sp³-hybridized carbons (Fsp3) is 0.364. The smallest absolute Gasteiger partial charge is 0.187 e. The summed E-state index contributed by atoms with van der Waals surface area (Å²) >= 11 is 11.5. The van der Waals surface area contributed by atoms with Crippen LogP contribution in [0.1, 0.15) is 43.2 Å². The number of hydrazone groups is 1. The van der Waals surface area contributed by atoms with Crippen molar-refractivity contribution in [3.63, 3.8) is 0 Å². The summed E-state index contributed by atoms with van der Waals surface area (Å²) in [6.45, 7) is 0.367. The molecule has 0 bridgehead atoms. The van der Waals surface area contributed by atoms with Crippen LogP contribution >= 0.6 is 23.8 Å². The standard InChI is InChI=1S/C22H26ClN3O2S/c1-27-21-13-16(14-24-26-22(29)25-18-8-3-2-4-9-18)11-12-20(21)28-15-17-7-5-6-10-19(17)23/h5-7,10-14,18H,2-4,8-9,15H2,1H3,(H2,25,26,29). The fourth-order valence-corrected chi connectivity index (χ4v) is 3.69. The Bertz CT molecular complexity index is 854. The highest BCUT2D eigenvalue weighted by Gasteiger charge is 2.13. The minimum absolute atomic E-state index is 0.367. The first-order chi connectivity index (χ1) is 14.2. The predicted octanol–water partition coefficient (Wildman–Crippen LogP) is 5.06. The van der Waals surface area contributed by atoms with Crippen LogP contribution in [0.3, 0.4) is 0 Å². The lowest BCUT2D eigenvalue weighted by molar-refractivity contribution is 0.284. The summed E-state index contributed by atoms with van der Waals surface area (Å²) in [6, 6.07) is 13.7. The van der Waals surface area contributed by atoms with Crippen LogP contribution in [0.2, 0.25) is 5.02 Å². The van der Waals surface area contributed by atoms with Gasteiger partial charge in [-0.2, -0.15) is 5.10 Å². The Morgan fingerprint density at radius 3 is 2.72 bits per heavy atom. The normalized spacial score (nSPS) is 14.6. The number of hydrogen-bond donors (Lipinski definition) is 2. The van der Waals surface area contributed by atoms with E-state index in [4.69, 9.17) is 33.3 Å². The monoisotopic (exact) mass is 431 g/mol. The summed E-state index contributed by atoms with van der Waals surface area (Å²) in [7, 11) is 1.61. The molecule has 0 heterocycles. The number of nitrogens with zero attached hydrogens (tertiary/aromatic N) is 1. The number of ether oxygens (including phenoxy) is 2. The molecular weight excluding hydrogens is 406 g/mol. The zero-order valence-corrected chi connectivity index (χ0v) is 18.1. The van der Waals surface area contributed by atoms with Gasteiger partial charge in [-0.25, -0.2) is 0 Å². The van der Waals surface area contributed by atoms with Crippen molar-refractivity contribution in [3.05, 3.63) is 58.6 Å². The molecule has 2 N–H and O–H groups in total. The highest BCUT2D eigenvalue weighted by atomic mass is 35.5. The van der Waals surface area contributed by atoms with Crippen LogP contribution in [0.25, 0.3) is 0 Å². The molecule has 3 rings (SSSR count). The molecule has 2 aromatic rings. The highest BCUT2D eigenvalue weighted by molar-refractivity contribution is 7.80. The van der Waals surface area contributed by atoms with Crippen LogP contribution in [0.5, 0.6) is 11.5 Å². The molecule has 29 heavy (non-hydrogen) atoms. The minimum atomic E-state index is 0.367. The van der Waals surface area contributed by atoms with Gasteiger partial charge in [-0.1, -0.05) is 49.1 Å². The van der Waals surface area contributed by atoms with Crippen molar-refractivity contribution >= 4 is 35.1 Å². The zero-order valence-electron chi connectivity index (χ0n) is 16.5. The molecule has 0 saturated heterocycles. The number of hydrogen-bond acceptors (Lipinski definition) is 4. The maximum atomic E-state index is 6.18. The molecule has 0 amide bonds. The van der Waals surface area contributed by atoms with Gasteiger partial charge < -0.3 is 14.8 Å². The average molecular weight is 432 g/mol. The van der Waals surface area contributed by atoms with Crippen LogP contribution in [-0.2, 0) is 6.61 Å². The van der Waals surface area contributed by atoms with Gasteiger partial charge in [0, 0.05) is 16.6 Å². The van der Waals surface area contributed by atoms with Crippen molar-refractivity contribution in [1.29, 1.82) is 0 Å². The van der Waals surface area contributed by atoms with Crippen LogP contribution < -0.4 is 20.2 Å². The Kier molecular flexibility index (Phi) is 8.14. The van der Waals surface area contributed by atoms with Gasteiger partial charge in [-0.15, -0.1) is 0 Å². The third-order valence-electron chi connectivity index (χ3n) is 4.85. The second-order valence-electron chi connectivity index (χ2n) is 6.97. The molecule has 1 aliphatic carbocycles. The number of thiocarbonyl (C=S) groups is 1. The molecule has 1 aliphatic rings. The number of halogens is 1. The maximum Gasteiger partial charge on any atom is 0.187 e. The van der Waals surface area contributed by atoms with Crippen LogP contribution in [0.15, 0.2) is 47.6 Å². The Labute approximate surface area is 182 Å². The maximum absolute atomic E-state index is 6.18. The van der Waals surface area contributed by atoms with Crippen LogP contribution in [0.4, 0.5) is 0 Å². The Morgan fingerprint density at radius 1 is 1.17 bits per heavy atom. The summed E-state index contributed by atoms with van der Waals surface area (Å²) in [5.41, 5.74) is 4.68. The minimum Gasteiger partial charge on any atom is -0.493 e. The van der Waals surface area contributed by atoms with Crippen molar-refractivity contribution in [1.82, 2.24) is 10.7 Å². The summed E-state index contributed by atoms with van der Waals surface area (Å²) in [4.78, 5) is 0. The SMILES string of the molecule is COc1cc(C=NNC(=S)NC2CCCCC2)ccc1OCc1ccccc1Cl. The molecule has 0 radical (unpaired) electrons. The van der Waals surface area contributed by atoms with Gasteiger partial charge in [0.05, 0.1) is 13.3 Å². The molecule has 0 atom stereocenters. The van der Waals surface area contributed by atoms with Crippen molar-refractivity contribution in [2.45, 2.75) is 44.8 Å². The zero-order chi connectivity index (χ0) is 20.5. The third-order valence-corrected chi connectivity index (χ3v) is 5.43. The topological polar surface area (TPSA) is 54.9 Å². The average Bonchev–Trinajstić information content (AvgIpc) is 2.74. The van der Waals surface area contributed by atoms with E-state index in [0.717, 1.165) is 11.1 Å². The van der Waals surface area contributed by atoms with Gasteiger partial charge in [-0.3, -0.25) is 5.43 Å². The predicted molar refractivity (Wildman–Crippen MR) is 122 cm³/mol. The Hall–Kier alpha value is -2.31. The van der Waals surface area contributed by atoms with Crippen LogP contribution in [0, 0.1) is 0 Å². The summed E-state index contributed by atoms with van der Waals surface area (Å²) in [5.74, 6) is 1.27. The molecular formula is C22H26ClN3O2S. The van der Waals surface area contributed by atoms with Gasteiger partial charge in [0.15, 0.2) is 16.6 Å². The molecule has 154 valence electrons. The lowest BCUT2D eigenvalue weighted by atomic mass is 9.96. The molecule has 7 heteroatoms. The molecule has 1 saturated carbocycles. The van der Waals surface area contributed by atoms with Crippen molar-refractivity contribution in [2.75, 3.05) is 7.11 Å². The van der Waals surface area contributed by atoms with E-state index in [0.29, 0.717) is 34.3 Å². The van der Waals surface area contributed by atoms with E-state index in [1.54, 1.807) is 13.3 Å². The van der Waals surface area contributed by atoms with E-state index in [1.165, 1.54) is 32.1 Å². The van der Waals surface area contributed by atoms with Crippen molar-refractivity contribution in [3.8, 4) is 11.5 Å². The molecule has 5 nitrogen and oxygen atoms in total. The fourth-order valence-electron chi connectivity index (χ4n) is 3.28. The van der Waals surface area contributed by atoms with Crippen LogP contribution in [-0.4, -0.2) is 24.5 Å². The van der Waals surface area contributed by atoms with Gasteiger partial charge in [0.2, 0.25) is 0 Å². The number of rotatable bonds is 7. The summed E-state index contributed by atoms with van der Waals surface area (Å²) in [5, 5.41) is 8.78. The number of methoxy groups -OCH3 is 1. The van der Waals surface area contributed by atoms with E-state index in [1.807, 2.05) is 42.5 Å². The van der Waals surface area contributed by atoms with E-state index in [2.05, 4.69) is 15.8 Å². The van der Waals surface area contributed by atoms with E-state index in [9.17, 15) is 0 Å². The van der Waals surface area contributed by atoms with E-state index in [-0.39, 0.29) is 0 Å². The molecule has 2 aromatic carbocycles. The van der Waals surface area contributed by atoms with E-state index < -0.39 is 0 Å². The molecule has 0 unspecified atom stereocenters. The molecule has 0 spiro atoms. The summed E-state index contributed by atoms with van der Waals surface area (Å²) < 4.78 is 11.3. The van der Waals surface area contributed by atoms with Gasteiger partial charge in [0.1, 0.15) is 6.61 Å². The molecule has 0 aliphatic heterocycles. The van der Waals surface area contributed by atoms with Gasteiger partial charge in [-0.05, 0) is 54.9 Å².